The van der Waals surface area contributed by atoms with E-state index < -0.39 is 23.1 Å². The Morgan fingerprint density at radius 1 is 0.758 bits per heavy atom. The molecule has 0 aliphatic heterocycles. The van der Waals surface area contributed by atoms with Gasteiger partial charge in [-0.05, 0) is 60.7 Å². The van der Waals surface area contributed by atoms with Crippen molar-refractivity contribution >= 4 is 38.3 Å². The van der Waals surface area contributed by atoms with Gasteiger partial charge in [0.15, 0.2) is 5.13 Å². The third kappa shape index (κ3) is 4.18. The third-order valence-electron chi connectivity index (χ3n) is 4.93. The Balaban J connectivity index is 1.57. The standard InChI is InChI=1S/C26H16F2N2O2S/c27-20-9-6-10-21(28)24(20)25(31)30(26-29-22-11-4-5-12-23(22)33-26)17-13-15-19(16-14-17)32-18-7-2-1-3-8-18/h1-16H. The highest BCUT2D eigenvalue weighted by Crippen LogP contribution is 2.36. The molecule has 0 spiro atoms. The van der Waals surface area contributed by atoms with E-state index in [0.29, 0.717) is 27.8 Å². The maximum atomic E-state index is 14.5. The number of rotatable bonds is 5. The summed E-state index contributed by atoms with van der Waals surface area (Å²) in [6.45, 7) is 0. The summed E-state index contributed by atoms with van der Waals surface area (Å²) >= 11 is 1.26. The molecule has 7 heteroatoms. The summed E-state index contributed by atoms with van der Waals surface area (Å²) in [5.41, 5.74) is 0.455. The molecule has 1 amide bonds. The molecule has 0 saturated carbocycles. The van der Waals surface area contributed by atoms with Gasteiger partial charge in [0, 0.05) is 0 Å². The molecule has 4 aromatic carbocycles. The normalized spacial score (nSPS) is 10.8. The van der Waals surface area contributed by atoms with Gasteiger partial charge in [-0.2, -0.15) is 0 Å². The fourth-order valence-corrected chi connectivity index (χ4v) is 4.36. The van der Waals surface area contributed by atoms with Crippen molar-refractivity contribution in [2.24, 2.45) is 0 Å². The van der Waals surface area contributed by atoms with E-state index >= 15 is 0 Å². The fourth-order valence-electron chi connectivity index (χ4n) is 3.37. The number of nitrogens with zero attached hydrogens (tertiary/aromatic N) is 2. The van der Waals surface area contributed by atoms with E-state index in [1.165, 1.54) is 22.3 Å². The zero-order valence-corrected chi connectivity index (χ0v) is 17.9. The first-order valence-corrected chi connectivity index (χ1v) is 10.9. The van der Waals surface area contributed by atoms with E-state index in [2.05, 4.69) is 4.98 Å². The van der Waals surface area contributed by atoms with E-state index in [-0.39, 0.29) is 0 Å². The number of aromatic nitrogens is 1. The summed E-state index contributed by atoms with van der Waals surface area (Å²) in [7, 11) is 0. The maximum Gasteiger partial charge on any atom is 0.270 e. The van der Waals surface area contributed by atoms with Crippen molar-refractivity contribution in [1.82, 2.24) is 4.98 Å². The Morgan fingerprint density at radius 3 is 2.09 bits per heavy atom. The molecular formula is C26H16F2N2O2S. The number of hydrogen-bond acceptors (Lipinski definition) is 4. The second kappa shape index (κ2) is 8.80. The molecule has 162 valence electrons. The lowest BCUT2D eigenvalue weighted by Gasteiger charge is -2.21. The average molecular weight is 458 g/mol. The molecule has 1 heterocycles. The van der Waals surface area contributed by atoms with Crippen LogP contribution in [0.15, 0.2) is 97.1 Å². The molecule has 0 atom stereocenters. The van der Waals surface area contributed by atoms with Gasteiger partial charge in [0.2, 0.25) is 0 Å². The van der Waals surface area contributed by atoms with Crippen molar-refractivity contribution in [3.63, 3.8) is 0 Å². The van der Waals surface area contributed by atoms with Crippen LogP contribution < -0.4 is 9.64 Å². The van der Waals surface area contributed by atoms with Crippen LogP contribution in [0.5, 0.6) is 11.5 Å². The van der Waals surface area contributed by atoms with Crippen LogP contribution in [0.1, 0.15) is 10.4 Å². The number of ether oxygens (including phenoxy) is 1. The number of thiazole rings is 1. The molecule has 0 saturated heterocycles. The van der Waals surface area contributed by atoms with E-state index in [4.69, 9.17) is 4.74 Å². The van der Waals surface area contributed by atoms with Gasteiger partial charge in [0.1, 0.15) is 28.7 Å². The summed E-state index contributed by atoms with van der Waals surface area (Å²) < 4.78 is 35.6. The molecular weight excluding hydrogens is 442 g/mol. The maximum absolute atomic E-state index is 14.5. The smallest absolute Gasteiger partial charge is 0.270 e. The van der Waals surface area contributed by atoms with E-state index in [1.807, 2.05) is 54.6 Å². The lowest BCUT2D eigenvalue weighted by Crippen LogP contribution is -2.27. The number of anilines is 2. The minimum absolute atomic E-state index is 0.306. The van der Waals surface area contributed by atoms with Gasteiger partial charge in [-0.15, -0.1) is 0 Å². The molecule has 5 rings (SSSR count). The monoisotopic (exact) mass is 458 g/mol. The van der Waals surface area contributed by atoms with Gasteiger partial charge in [-0.25, -0.2) is 13.8 Å². The van der Waals surface area contributed by atoms with Crippen LogP contribution in [-0.4, -0.2) is 10.9 Å². The largest absolute Gasteiger partial charge is 0.457 e. The molecule has 33 heavy (non-hydrogen) atoms. The third-order valence-corrected chi connectivity index (χ3v) is 5.95. The molecule has 0 radical (unpaired) electrons. The van der Waals surface area contributed by atoms with E-state index in [0.717, 1.165) is 16.8 Å². The van der Waals surface area contributed by atoms with Gasteiger partial charge in [0.05, 0.1) is 15.9 Å². The molecule has 0 fully saturated rings. The molecule has 0 unspecified atom stereocenters. The highest BCUT2D eigenvalue weighted by atomic mass is 32.1. The number of para-hydroxylation sites is 2. The summed E-state index contributed by atoms with van der Waals surface area (Å²) in [6, 6.07) is 26.7. The quantitative estimate of drug-likeness (QED) is 0.277. The molecule has 0 N–H and O–H groups in total. The lowest BCUT2D eigenvalue weighted by molar-refractivity contribution is 0.0991. The molecule has 1 aromatic heterocycles. The lowest BCUT2D eigenvalue weighted by atomic mass is 10.1. The first-order valence-electron chi connectivity index (χ1n) is 10.1. The number of carbonyl (C=O) groups is 1. The van der Waals surface area contributed by atoms with Crippen molar-refractivity contribution < 1.29 is 18.3 Å². The predicted molar refractivity (Wildman–Crippen MR) is 125 cm³/mol. The first kappa shape index (κ1) is 20.8. The minimum atomic E-state index is -0.935. The number of halogens is 2. The molecule has 0 bridgehead atoms. The topological polar surface area (TPSA) is 42.4 Å². The Bertz CT molecular complexity index is 1380. The van der Waals surface area contributed by atoms with Crippen molar-refractivity contribution in [2.75, 3.05) is 4.90 Å². The zero-order valence-electron chi connectivity index (χ0n) is 17.1. The molecule has 0 aliphatic carbocycles. The number of fused-ring (bicyclic) bond motifs is 1. The highest BCUT2D eigenvalue weighted by Gasteiger charge is 2.28. The van der Waals surface area contributed by atoms with Crippen molar-refractivity contribution in [2.45, 2.75) is 0 Å². The predicted octanol–water partition coefficient (Wildman–Crippen LogP) is 7.35. The Labute approximate surface area is 192 Å². The van der Waals surface area contributed by atoms with Crippen molar-refractivity contribution in [3.05, 3.63) is 114 Å². The van der Waals surface area contributed by atoms with Crippen LogP contribution in [0.2, 0.25) is 0 Å². The van der Waals surface area contributed by atoms with Gasteiger partial charge >= 0.3 is 0 Å². The van der Waals surface area contributed by atoms with Crippen LogP contribution >= 0.6 is 11.3 Å². The van der Waals surface area contributed by atoms with E-state index in [1.54, 1.807) is 24.3 Å². The van der Waals surface area contributed by atoms with Gasteiger partial charge in [-0.1, -0.05) is 47.7 Å². The van der Waals surface area contributed by atoms with Crippen LogP contribution in [0.25, 0.3) is 10.2 Å². The van der Waals surface area contributed by atoms with Crippen molar-refractivity contribution in [3.8, 4) is 11.5 Å². The van der Waals surface area contributed by atoms with Crippen LogP contribution in [0.3, 0.4) is 0 Å². The zero-order chi connectivity index (χ0) is 22.8. The first-order chi connectivity index (χ1) is 16.1. The molecule has 4 nitrogen and oxygen atoms in total. The number of hydrogen-bond donors (Lipinski definition) is 0. The highest BCUT2D eigenvalue weighted by molar-refractivity contribution is 7.22. The minimum Gasteiger partial charge on any atom is -0.457 e. The van der Waals surface area contributed by atoms with Crippen molar-refractivity contribution in [1.29, 1.82) is 0 Å². The second-order valence-electron chi connectivity index (χ2n) is 7.11. The average Bonchev–Trinajstić information content (AvgIpc) is 3.24. The summed E-state index contributed by atoms with van der Waals surface area (Å²) in [5, 5.41) is 0.306. The Kier molecular flexibility index (Phi) is 5.54. The Hall–Kier alpha value is -4.10. The van der Waals surface area contributed by atoms with Gasteiger partial charge in [-0.3, -0.25) is 9.69 Å². The summed E-state index contributed by atoms with van der Waals surface area (Å²) in [5.74, 6) is -1.50. The Morgan fingerprint density at radius 2 is 1.39 bits per heavy atom. The second-order valence-corrected chi connectivity index (χ2v) is 8.12. The summed E-state index contributed by atoms with van der Waals surface area (Å²) in [4.78, 5) is 19.2. The molecule has 5 aromatic rings. The van der Waals surface area contributed by atoms with E-state index in [9.17, 15) is 13.6 Å². The molecule has 0 aliphatic rings. The van der Waals surface area contributed by atoms with Crippen LogP contribution in [0.4, 0.5) is 19.6 Å². The fraction of sp³-hybridized carbons (Fsp3) is 0. The van der Waals surface area contributed by atoms with Gasteiger partial charge < -0.3 is 4.74 Å². The number of carbonyl (C=O) groups excluding carboxylic acids is 1. The van der Waals surface area contributed by atoms with Crippen LogP contribution in [-0.2, 0) is 0 Å². The summed E-state index contributed by atoms with van der Waals surface area (Å²) in [6.07, 6.45) is 0. The van der Waals surface area contributed by atoms with Crippen LogP contribution in [0, 0.1) is 11.6 Å². The number of amides is 1. The van der Waals surface area contributed by atoms with Gasteiger partial charge in [0.25, 0.3) is 5.91 Å². The SMILES string of the molecule is O=C(c1c(F)cccc1F)N(c1ccc(Oc2ccccc2)cc1)c1nc2ccccc2s1. The number of benzene rings is 4.